The third-order valence-electron chi connectivity index (χ3n) is 6.67. The van der Waals surface area contributed by atoms with Crippen molar-refractivity contribution in [2.45, 2.75) is 52.5 Å². The standard InChI is InChI=1S/C30H30Cl2N2O3/c1-18(2)15-28(20-7-9-21(10-8-20)29(35)5-4-6-30(36)37)34-27-14-13-23(19(3)25(27)17-33-34)24-12-11-22(31)16-26(24)32/h7-14,16-18,28H,4-6,15H2,1-3H3,(H,36,37). The predicted molar refractivity (Wildman–Crippen MR) is 150 cm³/mol. The van der Waals surface area contributed by atoms with E-state index in [1.54, 1.807) is 6.07 Å². The quantitative estimate of drug-likeness (QED) is 0.206. The number of aliphatic carboxylic acids is 1. The van der Waals surface area contributed by atoms with E-state index in [9.17, 15) is 9.59 Å². The van der Waals surface area contributed by atoms with Gasteiger partial charge in [0.05, 0.1) is 17.8 Å². The highest BCUT2D eigenvalue weighted by atomic mass is 35.5. The van der Waals surface area contributed by atoms with Gasteiger partial charge in [-0.05, 0) is 60.6 Å². The number of fused-ring (bicyclic) bond motifs is 1. The summed E-state index contributed by atoms with van der Waals surface area (Å²) in [6.07, 6.45) is 3.36. The van der Waals surface area contributed by atoms with E-state index in [2.05, 4.69) is 37.6 Å². The van der Waals surface area contributed by atoms with Gasteiger partial charge in [0.2, 0.25) is 0 Å². The molecule has 1 unspecified atom stereocenters. The molecule has 3 aromatic carbocycles. The van der Waals surface area contributed by atoms with Gasteiger partial charge in [0, 0.05) is 39.4 Å². The number of ketones is 1. The Morgan fingerprint density at radius 2 is 1.68 bits per heavy atom. The molecule has 4 aromatic rings. The fraction of sp³-hybridized carbons (Fsp3) is 0.300. The van der Waals surface area contributed by atoms with Crippen molar-refractivity contribution in [3.05, 3.63) is 87.5 Å². The smallest absolute Gasteiger partial charge is 0.303 e. The number of hydrogen-bond acceptors (Lipinski definition) is 3. The van der Waals surface area contributed by atoms with Crippen LogP contribution in [-0.2, 0) is 4.79 Å². The maximum absolute atomic E-state index is 12.5. The number of aryl methyl sites for hydroxylation is 1. The first-order valence-corrected chi connectivity index (χ1v) is 13.2. The molecule has 4 rings (SSSR count). The summed E-state index contributed by atoms with van der Waals surface area (Å²) in [5.74, 6) is -0.499. The molecule has 0 saturated carbocycles. The number of carbonyl (C=O) groups is 2. The third-order valence-corrected chi connectivity index (χ3v) is 7.22. The van der Waals surface area contributed by atoms with Gasteiger partial charge in [0.1, 0.15) is 0 Å². The van der Waals surface area contributed by atoms with E-state index in [-0.39, 0.29) is 24.7 Å². The Bertz CT molecular complexity index is 1440. The topological polar surface area (TPSA) is 72.2 Å². The van der Waals surface area contributed by atoms with E-state index in [4.69, 9.17) is 33.4 Å². The van der Waals surface area contributed by atoms with Crippen LogP contribution in [0.25, 0.3) is 22.0 Å². The van der Waals surface area contributed by atoms with Gasteiger partial charge in [-0.2, -0.15) is 5.10 Å². The minimum absolute atomic E-state index is 0.00182. The number of carboxylic acid groups (broad SMARTS) is 1. The molecular weight excluding hydrogens is 507 g/mol. The van der Waals surface area contributed by atoms with Crippen molar-refractivity contribution < 1.29 is 14.7 Å². The lowest BCUT2D eigenvalue weighted by Crippen LogP contribution is -2.15. The minimum atomic E-state index is -0.884. The lowest BCUT2D eigenvalue weighted by atomic mass is 9.94. The van der Waals surface area contributed by atoms with Crippen molar-refractivity contribution in [2.75, 3.05) is 0 Å². The van der Waals surface area contributed by atoms with Crippen LogP contribution >= 0.6 is 23.2 Å². The number of Topliss-reactive ketones (excluding diaryl/α,β-unsaturated/α-hetero) is 1. The summed E-state index contributed by atoms with van der Waals surface area (Å²) in [4.78, 5) is 23.2. The molecule has 1 N–H and O–H groups in total. The molecule has 0 amide bonds. The van der Waals surface area contributed by atoms with E-state index in [1.807, 2.05) is 42.6 Å². The van der Waals surface area contributed by atoms with Crippen molar-refractivity contribution >= 4 is 45.9 Å². The second kappa shape index (κ2) is 11.5. The summed E-state index contributed by atoms with van der Waals surface area (Å²) in [5, 5.41) is 15.9. The van der Waals surface area contributed by atoms with Gasteiger partial charge < -0.3 is 5.11 Å². The SMILES string of the molecule is Cc1c(-c2ccc(Cl)cc2Cl)ccc2c1cnn2C(CC(C)C)c1ccc(C(=O)CCCC(=O)O)cc1. The van der Waals surface area contributed by atoms with E-state index >= 15 is 0 Å². The first-order chi connectivity index (χ1) is 17.7. The highest BCUT2D eigenvalue weighted by Gasteiger charge is 2.21. The molecule has 0 radical (unpaired) electrons. The Morgan fingerprint density at radius 1 is 0.973 bits per heavy atom. The van der Waals surface area contributed by atoms with E-state index < -0.39 is 5.97 Å². The molecule has 37 heavy (non-hydrogen) atoms. The van der Waals surface area contributed by atoms with E-state index in [0.717, 1.165) is 39.6 Å². The number of halogens is 2. The number of carbonyl (C=O) groups excluding carboxylic acids is 1. The summed E-state index contributed by atoms with van der Waals surface area (Å²) < 4.78 is 2.07. The van der Waals surface area contributed by atoms with Gasteiger partial charge in [0.25, 0.3) is 0 Å². The lowest BCUT2D eigenvalue weighted by Gasteiger charge is -2.22. The Morgan fingerprint density at radius 3 is 2.32 bits per heavy atom. The average molecular weight is 537 g/mol. The highest BCUT2D eigenvalue weighted by Crippen LogP contribution is 2.37. The molecule has 0 fully saturated rings. The summed E-state index contributed by atoms with van der Waals surface area (Å²) in [7, 11) is 0. The molecule has 1 heterocycles. The molecule has 0 saturated heterocycles. The second-order valence-electron chi connectivity index (χ2n) is 9.82. The molecule has 5 nitrogen and oxygen atoms in total. The molecule has 0 aliphatic rings. The fourth-order valence-electron chi connectivity index (χ4n) is 4.77. The van der Waals surface area contributed by atoms with Gasteiger partial charge in [-0.3, -0.25) is 14.3 Å². The van der Waals surface area contributed by atoms with E-state index in [1.165, 1.54) is 0 Å². The Kier molecular flexibility index (Phi) is 8.35. The van der Waals surface area contributed by atoms with Crippen molar-refractivity contribution in [3.8, 4) is 11.1 Å². The first-order valence-electron chi connectivity index (χ1n) is 12.4. The molecule has 7 heteroatoms. The molecule has 192 valence electrons. The van der Waals surface area contributed by atoms with Gasteiger partial charge in [-0.15, -0.1) is 0 Å². The van der Waals surface area contributed by atoms with Gasteiger partial charge in [-0.25, -0.2) is 0 Å². The van der Waals surface area contributed by atoms with Gasteiger partial charge in [-0.1, -0.05) is 73.4 Å². The zero-order valence-electron chi connectivity index (χ0n) is 21.2. The molecule has 0 aliphatic carbocycles. The molecule has 0 spiro atoms. The summed E-state index contributed by atoms with van der Waals surface area (Å²) in [5.41, 5.74) is 5.77. The molecular formula is C30H30Cl2N2O3. The summed E-state index contributed by atoms with van der Waals surface area (Å²) in [6, 6.07) is 17.3. The highest BCUT2D eigenvalue weighted by molar-refractivity contribution is 6.36. The monoisotopic (exact) mass is 536 g/mol. The van der Waals surface area contributed by atoms with Crippen LogP contribution in [0.2, 0.25) is 10.0 Å². The normalized spacial score (nSPS) is 12.3. The molecule has 0 bridgehead atoms. The zero-order valence-corrected chi connectivity index (χ0v) is 22.7. The van der Waals surface area contributed by atoms with Crippen LogP contribution in [0.1, 0.15) is 67.1 Å². The second-order valence-corrected chi connectivity index (χ2v) is 10.7. The Hall–Kier alpha value is -3.15. The van der Waals surface area contributed by atoms with Crippen molar-refractivity contribution in [3.63, 3.8) is 0 Å². The average Bonchev–Trinajstić information content (AvgIpc) is 3.28. The van der Waals surface area contributed by atoms with Crippen molar-refractivity contribution in [1.29, 1.82) is 0 Å². The maximum atomic E-state index is 12.5. The maximum Gasteiger partial charge on any atom is 0.303 e. The van der Waals surface area contributed by atoms with Crippen LogP contribution in [-0.4, -0.2) is 26.6 Å². The predicted octanol–water partition coefficient (Wildman–Crippen LogP) is 8.39. The molecule has 1 atom stereocenters. The summed E-state index contributed by atoms with van der Waals surface area (Å²) in [6.45, 7) is 6.45. The minimum Gasteiger partial charge on any atom is -0.481 e. The Labute approximate surface area is 227 Å². The van der Waals surface area contributed by atoms with Gasteiger partial charge >= 0.3 is 5.97 Å². The van der Waals surface area contributed by atoms with Crippen molar-refractivity contribution in [1.82, 2.24) is 9.78 Å². The number of hydrogen-bond donors (Lipinski definition) is 1. The molecule has 0 aliphatic heterocycles. The number of benzene rings is 3. The van der Waals surface area contributed by atoms with Gasteiger partial charge in [0.15, 0.2) is 5.78 Å². The summed E-state index contributed by atoms with van der Waals surface area (Å²) >= 11 is 12.6. The fourth-order valence-corrected chi connectivity index (χ4v) is 5.28. The van der Waals surface area contributed by atoms with E-state index in [0.29, 0.717) is 27.9 Å². The lowest BCUT2D eigenvalue weighted by molar-refractivity contribution is -0.137. The van der Waals surface area contributed by atoms with Crippen LogP contribution in [0.15, 0.2) is 60.8 Å². The largest absolute Gasteiger partial charge is 0.481 e. The zero-order chi connectivity index (χ0) is 26.7. The van der Waals surface area contributed by atoms with Crippen LogP contribution in [0.3, 0.4) is 0 Å². The Balaban J connectivity index is 1.67. The number of carboxylic acids is 1. The molecule has 1 aromatic heterocycles. The number of nitrogens with zero attached hydrogens (tertiary/aromatic N) is 2. The van der Waals surface area contributed by atoms with Crippen LogP contribution < -0.4 is 0 Å². The number of rotatable bonds is 10. The number of aromatic nitrogens is 2. The van der Waals surface area contributed by atoms with Crippen LogP contribution in [0, 0.1) is 12.8 Å². The van der Waals surface area contributed by atoms with Crippen LogP contribution in [0.5, 0.6) is 0 Å². The third kappa shape index (κ3) is 6.06. The van der Waals surface area contributed by atoms with Crippen LogP contribution in [0.4, 0.5) is 0 Å². The van der Waals surface area contributed by atoms with Crippen molar-refractivity contribution in [2.24, 2.45) is 5.92 Å². The first kappa shape index (κ1) is 26.9.